The molecule has 2 N–H and O–H groups in total. The number of pyridine rings is 1. The smallest absolute Gasteiger partial charge is 0.393 e. The number of hydrogen-bond donors (Lipinski definition) is 2. The first-order valence-corrected chi connectivity index (χ1v) is 10.3. The highest BCUT2D eigenvalue weighted by molar-refractivity contribution is 6.33. The van der Waals surface area contributed by atoms with Crippen molar-refractivity contribution in [2.75, 3.05) is 5.32 Å². The van der Waals surface area contributed by atoms with Gasteiger partial charge in [0.2, 0.25) is 0 Å². The lowest BCUT2D eigenvalue weighted by Crippen LogP contribution is -2.28. The Morgan fingerprint density at radius 3 is 2.61 bits per heavy atom. The molecule has 31 heavy (non-hydrogen) atoms. The Labute approximate surface area is 182 Å². The molecule has 0 saturated heterocycles. The van der Waals surface area contributed by atoms with E-state index in [-0.39, 0.29) is 29.1 Å². The van der Waals surface area contributed by atoms with Crippen molar-refractivity contribution in [2.45, 2.75) is 50.4 Å². The zero-order valence-electron chi connectivity index (χ0n) is 16.5. The van der Waals surface area contributed by atoms with Gasteiger partial charge in [0.05, 0.1) is 28.9 Å². The summed E-state index contributed by atoms with van der Waals surface area (Å²) in [5.41, 5.74) is 2.33. The molecule has 1 aliphatic rings. The van der Waals surface area contributed by atoms with Crippen LogP contribution in [0.5, 0.6) is 0 Å². The second-order valence-electron chi connectivity index (χ2n) is 7.80. The lowest BCUT2D eigenvalue weighted by Gasteiger charge is -2.27. The minimum Gasteiger partial charge on any atom is -0.393 e. The first-order chi connectivity index (χ1) is 14.7. The number of aliphatic hydroxyl groups is 1. The number of rotatable bonds is 4. The Balaban J connectivity index is 1.64. The number of nitrogens with zero attached hydrogens (tertiary/aromatic N) is 3. The highest BCUT2D eigenvalue weighted by Gasteiger charge is 2.30. The van der Waals surface area contributed by atoms with Gasteiger partial charge in [0, 0.05) is 24.0 Å². The summed E-state index contributed by atoms with van der Waals surface area (Å²) < 4.78 is 39.7. The fourth-order valence-electron chi connectivity index (χ4n) is 4.03. The van der Waals surface area contributed by atoms with Crippen LogP contribution in [0, 0.1) is 11.3 Å². The van der Waals surface area contributed by atoms with Crippen molar-refractivity contribution in [2.24, 2.45) is 0 Å². The Morgan fingerprint density at radius 2 is 1.97 bits per heavy atom. The van der Waals surface area contributed by atoms with E-state index in [1.165, 1.54) is 10.6 Å². The molecule has 1 saturated carbocycles. The molecule has 0 unspecified atom stereocenters. The average Bonchev–Trinajstić information content (AvgIpc) is 3.11. The lowest BCUT2D eigenvalue weighted by atomic mass is 9.93. The van der Waals surface area contributed by atoms with Crippen molar-refractivity contribution in [3.05, 3.63) is 52.9 Å². The first-order valence-electron chi connectivity index (χ1n) is 9.95. The summed E-state index contributed by atoms with van der Waals surface area (Å²) in [6.45, 7) is 0. The van der Waals surface area contributed by atoms with Crippen molar-refractivity contribution in [3.63, 3.8) is 0 Å². The molecule has 1 aliphatic carbocycles. The van der Waals surface area contributed by atoms with Gasteiger partial charge in [-0.3, -0.25) is 0 Å². The summed E-state index contributed by atoms with van der Waals surface area (Å²) in [4.78, 5) is 4.06. The van der Waals surface area contributed by atoms with Crippen molar-refractivity contribution >= 4 is 22.9 Å². The molecule has 1 fully saturated rings. The van der Waals surface area contributed by atoms with Gasteiger partial charge in [-0.25, -0.2) is 4.98 Å². The van der Waals surface area contributed by atoms with Gasteiger partial charge in [-0.1, -0.05) is 17.7 Å². The molecule has 0 aliphatic heterocycles. The van der Waals surface area contributed by atoms with E-state index in [4.69, 9.17) is 11.6 Å². The Morgan fingerprint density at radius 1 is 1.23 bits per heavy atom. The van der Waals surface area contributed by atoms with E-state index in [0.717, 1.165) is 37.6 Å². The second-order valence-corrected chi connectivity index (χ2v) is 8.20. The van der Waals surface area contributed by atoms with E-state index < -0.39 is 12.6 Å². The SMILES string of the molecule is N#Cc1c(-c2ccc(N[C@H]3CC[C@H](O)CC3)c(Cl)c2)ccn2c(CC(F)(F)F)cnc12. The van der Waals surface area contributed by atoms with Gasteiger partial charge in [0.1, 0.15) is 11.6 Å². The maximum atomic E-state index is 12.8. The number of anilines is 1. The van der Waals surface area contributed by atoms with Crippen molar-refractivity contribution in [1.82, 2.24) is 9.38 Å². The van der Waals surface area contributed by atoms with E-state index in [1.807, 2.05) is 12.1 Å². The van der Waals surface area contributed by atoms with Crippen LogP contribution < -0.4 is 5.32 Å². The number of fused-ring (bicyclic) bond motifs is 1. The number of aliphatic hydroxyl groups excluding tert-OH is 1. The normalized spacial score (nSPS) is 19.4. The highest BCUT2D eigenvalue weighted by atomic mass is 35.5. The molecule has 4 rings (SSSR count). The Hall–Kier alpha value is -2.76. The van der Waals surface area contributed by atoms with Crippen molar-refractivity contribution in [3.8, 4) is 17.2 Å². The predicted molar refractivity (Wildman–Crippen MR) is 112 cm³/mol. The average molecular weight is 449 g/mol. The number of halogens is 4. The van der Waals surface area contributed by atoms with Crippen LogP contribution in [0.1, 0.15) is 36.9 Å². The van der Waals surface area contributed by atoms with Gasteiger partial charge >= 0.3 is 6.18 Å². The minimum atomic E-state index is -4.37. The van der Waals surface area contributed by atoms with Crippen LogP contribution in [0.15, 0.2) is 36.7 Å². The standard InChI is InChI=1S/C22H20ClF3N4O/c23-19-9-13(1-6-20(19)29-14-2-4-16(31)5-3-14)17-7-8-30-15(10-22(24,25)26)12-28-21(30)18(17)11-27/h1,6-9,12,14,16,29,31H,2-5,10H2/t14-,16-. The third-order valence-electron chi connectivity index (χ3n) is 5.59. The van der Waals surface area contributed by atoms with Gasteiger partial charge < -0.3 is 14.8 Å². The second kappa shape index (κ2) is 8.40. The highest BCUT2D eigenvalue weighted by Crippen LogP contribution is 2.34. The molecular weight excluding hydrogens is 429 g/mol. The summed E-state index contributed by atoms with van der Waals surface area (Å²) in [6, 6.07) is 9.28. The predicted octanol–water partition coefficient (Wildman–Crippen LogP) is 5.35. The van der Waals surface area contributed by atoms with Crippen LogP contribution in [0.4, 0.5) is 18.9 Å². The van der Waals surface area contributed by atoms with E-state index in [1.54, 1.807) is 12.1 Å². The van der Waals surface area contributed by atoms with Crippen LogP contribution in [0.3, 0.4) is 0 Å². The molecule has 0 spiro atoms. The molecule has 2 aromatic heterocycles. The third kappa shape index (κ3) is 4.63. The number of nitrogens with one attached hydrogen (secondary N) is 1. The van der Waals surface area contributed by atoms with Gasteiger partial charge in [-0.15, -0.1) is 0 Å². The molecule has 3 aromatic rings. The van der Waals surface area contributed by atoms with E-state index in [2.05, 4.69) is 16.4 Å². The molecule has 2 heterocycles. The minimum absolute atomic E-state index is 0.0271. The number of nitriles is 1. The zero-order valence-corrected chi connectivity index (χ0v) is 17.2. The molecule has 5 nitrogen and oxygen atoms in total. The summed E-state index contributed by atoms with van der Waals surface area (Å²) >= 11 is 6.48. The van der Waals surface area contributed by atoms with Gasteiger partial charge in [-0.2, -0.15) is 18.4 Å². The van der Waals surface area contributed by atoms with E-state index >= 15 is 0 Å². The van der Waals surface area contributed by atoms with Crippen LogP contribution in [-0.2, 0) is 6.42 Å². The van der Waals surface area contributed by atoms with E-state index in [9.17, 15) is 23.5 Å². The fourth-order valence-corrected chi connectivity index (χ4v) is 4.26. The zero-order chi connectivity index (χ0) is 22.2. The summed E-state index contributed by atoms with van der Waals surface area (Å²) in [5, 5.41) is 23.2. The number of aromatic nitrogens is 2. The number of imidazole rings is 1. The largest absolute Gasteiger partial charge is 0.394 e. The fraction of sp³-hybridized carbons (Fsp3) is 0.364. The summed E-state index contributed by atoms with van der Waals surface area (Å²) in [5.74, 6) is 0. The molecule has 1 aromatic carbocycles. The molecule has 0 radical (unpaired) electrons. The molecular formula is C22H20ClF3N4O. The molecule has 0 bridgehead atoms. The van der Waals surface area contributed by atoms with Gasteiger partial charge in [-0.05, 0) is 49.4 Å². The van der Waals surface area contributed by atoms with E-state index in [0.29, 0.717) is 16.1 Å². The number of hydrogen-bond acceptors (Lipinski definition) is 4. The Kier molecular flexibility index (Phi) is 5.82. The monoisotopic (exact) mass is 448 g/mol. The third-order valence-corrected chi connectivity index (χ3v) is 5.90. The molecule has 9 heteroatoms. The van der Waals surface area contributed by atoms with Crippen LogP contribution in [0.25, 0.3) is 16.8 Å². The lowest BCUT2D eigenvalue weighted by molar-refractivity contribution is -0.127. The van der Waals surface area contributed by atoms with Crippen LogP contribution in [-0.4, -0.2) is 32.8 Å². The van der Waals surface area contributed by atoms with Crippen LogP contribution >= 0.6 is 11.6 Å². The Bertz CT molecular complexity index is 1140. The van der Waals surface area contributed by atoms with Gasteiger partial charge in [0.25, 0.3) is 0 Å². The first kappa shape index (κ1) is 21.5. The van der Waals surface area contributed by atoms with Gasteiger partial charge in [0.15, 0.2) is 5.65 Å². The topological polar surface area (TPSA) is 73.3 Å². The summed E-state index contributed by atoms with van der Waals surface area (Å²) in [7, 11) is 0. The number of alkyl halides is 3. The molecule has 0 amide bonds. The summed E-state index contributed by atoms with van der Waals surface area (Å²) in [6.07, 6.45) is 0.121. The number of benzene rings is 1. The van der Waals surface area contributed by atoms with Crippen molar-refractivity contribution in [1.29, 1.82) is 5.26 Å². The molecule has 0 atom stereocenters. The molecule has 162 valence electrons. The van der Waals surface area contributed by atoms with Crippen molar-refractivity contribution < 1.29 is 18.3 Å². The quantitative estimate of drug-likeness (QED) is 0.564. The van der Waals surface area contributed by atoms with Crippen LogP contribution in [0.2, 0.25) is 5.02 Å². The maximum Gasteiger partial charge on any atom is 0.394 e. The maximum absolute atomic E-state index is 12.8.